The fraction of sp³-hybridized carbons (Fsp3) is 0.875. The van der Waals surface area contributed by atoms with Gasteiger partial charge in [0.2, 0.25) is 11.8 Å². The Bertz CT molecular complexity index is 382. The number of rotatable bonds is 3. The summed E-state index contributed by atoms with van der Waals surface area (Å²) in [5, 5.41) is 3.01. The molecule has 2 aliphatic carbocycles. The molecule has 2 saturated carbocycles. The maximum Gasteiger partial charge on any atom is 0.248 e. The Kier molecular flexibility index (Phi) is 3.99. The molecule has 3 fully saturated rings. The third kappa shape index (κ3) is 2.70. The second kappa shape index (κ2) is 5.74. The fourth-order valence-corrected chi connectivity index (χ4v) is 4.22. The Labute approximate surface area is 121 Å². The Hall–Kier alpha value is -1.06. The fourth-order valence-electron chi connectivity index (χ4n) is 4.22. The number of nitrogens with zero attached hydrogens (tertiary/aromatic N) is 1. The minimum Gasteiger partial charge on any atom is -0.340 e. The zero-order chi connectivity index (χ0) is 14.0. The number of amides is 2. The molecule has 0 atom stereocenters. The monoisotopic (exact) mass is 278 g/mol. The molecule has 0 radical (unpaired) electrons. The first-order chi connectivity index (χ1) is 9.70. The lowest BCUT2D eigenvalue weighted by Crippen LogP contribution is -2.67. The zero-order valence-electron chi connectivity index (χ0n) is 12.3. The van der Waals surface area contributed by atoms with Gasteiger partial charge < -0.3 is 10.2 Å². The number of carbonyl (C=O) groups excluding carboxylic acids is 2. The van der Waals surface area contributed by atoms with Crippen LogP contribution in [0.5, 0.6) is 0 Å². The van der Waals surface area contributed by atoms with Crippen LogP contribution in [0.25, 0.3) is 0 Å². The van der Waals surface area contributed by atoms with Crippen LogP contribution < -0.4 is 5.32 Å². The second-order valence-corrected chi connectivity index (χ2v) is 6.86. The summed E-state index contributed by atoms with van der Waals surface area (Å²) in [6, 6.07) is 0. The predicted octanol–water partition coefficient (Wildman–Crippen LogP) is 2.23. The van der Waals surface area contributed by atoms with Crippen molar-refractivity contribution in [3.63, 3.8) is 0 Å². The van der Waals surface area contributed by atoms with Crippen molar-refractivity contribution in [3.8, 4) is 0 Å². The SMILES string of the molecule is O=C1CN(CCC2CCCC2)C(=O)C2(CCCCC2)N1. The highest BCUT2D eigenvalue weighted by Gasteiger charge is 2.46. The van der Waals surface area contributed by atoms with Gasteiger partial charge in [-0.1, -0.05) is 44.9 Å². The Balaban J connectivity index is 1.63. The van der Waals surface area contributed by atoms with Crippen molar-refractivity contribution in [2.24, 2.45) is 5.92 Å². The van der Waals surface area contributed by atoms with Crippen LogP contribution in [-0.4, -0.2) is 35.3 Å². The highest BCUT2D eigenvalue weighted by Crippen LogP contribution is 2.33. The first kappa shape index (κ1) is 13.9. The first-order valence-electron chi connectivity index (χ1n) is 8.30. The molecule has 4 nitrogen and oxygen atoms in total. The van der Waals surface area contributed by atoms with Gasteiger partial charge in [-0.25, -0.2) is 0 Å². The van der Waals surface area contributed by atoms with Gasteiger partial charge >= 0.3 is 0 Å². The van der Waals surface area contributed by atoms with E-state index in [0.29, 0.717) is 0 Å². The van der Waals surface area contributed by atoms with E-state index in [0.717, 1.165) is 44.6 Å². The molecule has 4 heteroatoms. The van der Waals surface area contributed by atoms with E-state index in [1.807, 2.05) is 4.90 Å². The van der Waals surface area contributed by atoms with Gasteiger partial charge in [0.15, 0.2) is 0 Å². The van der Waals surface area contributed by atoms with E-state index in [1.165, 1.54) is 32.1 Å². The summed E-state index contributed by atoms with van der Waals surface area (Å²) in [5.74, 6) is 1.00. The molecule has 0 bridgehead atoms. The molecule has 3 rings (SSSR count). The standard InChI is InChI=1S/C16H26N2O2/c19-14-12-18(11-8-13-6-2-3-7-13)15(20)16(17-14)9-4-1-5-10-16/h13H,1-12H2,(H,17,19). The maximum absolute atomic E-state index is 12.8. The van der Waals surface area contributed by atoms with Crippen molar-refractivity contribution in [1.29, 1.82) is 0 Å². The highest BCUT2D eigenvalue weighted by molar-refractivity contribution is 5.98. The summed E-state index contributed by atoms with van der Waals surface area (Å²) in [7, 11) is 0. The van der Waals surface area contributed by atoms with Gasteiger partial charge in [0.25, 0.3) is 0 Å². The predicted molar refractivity (Wildman–Crippen MR) is 77.1 cm³/mol. The molecule has 1 heterocycles. The van der Waals surface area contributed by atoms with E-state index in [4.69, 9.17) is 0 Å². The van der Waals surface area contributed by atoms with Gasteiger partial charge in [-0.05, 0) is 25.2 Å². The molecular formula is C16H26N2O2. The lowest BCUT2D eigenvalue weighted by molar-refractivity contribution is -0.151. The molecule has 2 amide bonds. The molecule has 0 aromatic rings. The van der Waals surface area contributed by atoms with Crippen molar-refractivity contribution in [3.05, 3.63) is 0 Å². The average molecular weight is 278 g/mol. The quantitative estimate of drug-likeness (QED) is 0.860. The minimum absolute atomic E-state index is 0.0397. The van der Waals surface area contributed by atoms with E-state index in [9.17, 15) is 9.59 Å². The van der Waals surface area contributed by atoms with Crippen LogP contribution in [0.15, 0.2) is 0 Å². The summed E-state index contributed by atoms with van der Waals surface area (Å²) >= 11 is 0. The molecule has 0 unspecified atom stereocenters. The van der Waals surface area contributed by atoms with Crippen LogP contribution in [0, 0.1) is 5.92 Å². The van der Waals surface area contributed by atoms with Crippen LogP contribution in [0.1, 0.15) is 64.2 Å². The second-order valence-electron chi connectivity index (χ2n) is 6.86. The third-order valence-corrected chi connectivity index (χ3v) is 5.40. The largest absolute Gasteiger partial charge is 0.340 e. The molecule has 0 aromatic carbocycles. The topological polar surface area (TPSA) is 49.4 Å². The Morgan fingerprint density at radius 2 is 1.75 bits per heavy atom. The number of piperazine rings is 1. The summed E-state index contributed by atoms with van der Waals surface area (Å²) in [4.78, 5) is 26.6. The van der Waals surface area contributed by atoms with Gasteiger partial charge in [-0.3, -0.25) is 9.59 Å². The Morgan fingerprint density at radius 1 is 1.05 bits per heavy atom. The molecule has 20 heavy (non-hydrogen) atoms. The van der Waals surface area contributed by atoms with Crippen molar-refractivity contribution in [1.82, 2.24) is 10.2 Å². The van der Waals surface area contributed by atoms with Gasteiger partial charge in [-0.2, -0.15) is 0 Å². The maximum atomic E-state index is 12.8. The number of carbonyl (C=O) groups is 2. The molecule has 1 N–H and O–H groups in total. The van der Waals surface area contributed by atoms with E-state index < -0.39 is 5.54 Å². The molecular weight excluding hydrogens is 252 g/mol. The molecule has 1 spiro atoms. The average Bonchev–Trinajstić information content (AvgIpc) is 2.95. The van der Waals surface area contributed by atoms with Crippen LogP contribution in [0.4, 0.5) is 0 Å². The number of hydrogen-bond donors (Lipinski definition) is 1. The zero-order valence-corrected chi connectivity index (χ0v) is 12.3. The molecule has 3 aliphatic rings. The van der Waals surface area contributed by atoms with Gasteiger partial charge in [-0.15, -0.1) is 0 Å². The summed E-state index contributed by atoms with van der Waals surface area (Å²) in [6.07, 6.45) is 11.3. The van der Waals surface area contributed by atoms with Crippen molar-refractivity contribution in [2.75, 3.05) is 13.1 Å². The Morgan fingerprint density at radius 3 is 2.45 bits per heavy atom. The van der Waals surface area contributed by atoms with Crippen LogP contribution in [0.2, 0.25) is 0 Å². The van der Waals surface area contributed by atoms with Gasteiger partial charge in [0.1, 0.15) is 5.54 Å². The lowest BCUT2D eigenvalue weighted by Gasteiger charge is -2.44. The smallest absolute Gasteiger partial charge is 0.248 e. The van der Waals surface area contributed by atoms with Crippen LogP contribution in [-0.2, 0) is 9.59 Å². The molecule has 0 aromatic heterocycles. The minimum atomic E-state index is -0.552. The number of hydrogen-bond acceptors (Lipinski definition) is 2. The van der Waals surface area contributed by atoms with E-state index in [-0.39, 0.29) is 18.4 Å². The first-order valence-corrected chi connectivity index (χ1v) is 8.30. The van der Waals surface area contributed by atoms with Crippen molar-refractivity contribution < 1.29 is 9.59 Å². The van der Waals surface area contributed by atoms with E-state index in [2.05, 4.69) is 5.32 Å². The van der Waals surface area contributed by atoms with Crippen molar-refractivity contribution >= 4 is 11.8 Å². The van der Waals surface area contributed by atoms with Crippen LogP contribution >= 0.6 is 0 Å². The normalized spacial score (nSPS) is 27.1. The third-order valence-electron chi connectivity index (χ3n) is 5.40. The molecule has 1 aliphatic heterocycles. The molecule has 112 valence electrons. The highest BCUT2D eigenvalue weighted by atomic mass is 16.2. The van der Waals surface area contributed by atoms with E-state index in [1.54, 1.807) is 0 Å². The van der Waals surface area contributed by atoms with E-state index >= 15 is 0 Å². The lowest BCUT2D eigenvalue weighted by atomic mass is 9.79. The van der Waals surface area contributed by atoms with Gasteiger partial charge in [0.05, 0.1) is 6.54 Å². The summed E-state index contributed by atoms with van der Waals surface area (Å²) in [6.45, 7) is 1.05. The molecule has 1 saturated heterocycles. The van der Waals surface area contributed by atoms with Gasteiger partial charge in [0, 0.05) is 6.54 Å². The van der Waals surface area contributed by atoms with Crippen molar-refractivity contribution in [2.45, 2.75) is 69.7 Å². The number of nitrogens with one attached hydrogen (secondary N) is 1. The summed E-state index contributed by atoms with van der Waals surface area (Å²) in [5.41, 5.74) is -0.552. The summed E-state index contributed by atoms with van der Waals surface area (Å²) < 4.78 is 0. The van der Waals surface area contributed by atoms with Crippen LogP contribution in [0.3, 0.4) is 0 Å².